The number of carbonyl (C=O) groups is 1. The first-order valence-corrected chi connectivity index (χ1v) is 9.84. The molecule has 0 bridgehead atoms. The summed E-state index contributed by atoms with van der Waals surface area (Å²) in [7, 11) is 0. The van der Waals surface area contributed by atoms with Crippen molar-refractivity contribution in [3.05, 3.63) is 60.7 Å². The zero-order valence-electron chi connectivity index (χ0n) is 16.6. The maximum Gasteiger partial charge on any atom is 0.247 e. The van der Waals surface area contributed by atoms with E-state index in [1.807, 2.05) is 30.0 Å². The maximum absolute atomic E-state index is 13.2. The highest BCUT2D eigenvalue weighted by Gasteiger charge is 2.33. The monoisotopic (exact) mass is 390 g/mol. The third-order valence-electron chi connectivity index (χ3n) is 5.24. The van der Waals surface area contributed by atoms with Crippen molar-refractivity contribution in [1.82, 2.24) is 19.9 Å². The van der Waals surface area contributed by atoms with Crippen molar-refractivity contribution >= 4 is 17.5 Å². The Morgan fingerprint density at radius 1 is 1.07 bits per heavy atom. The fraction of sp³-hybridized carbons (Fsp3) is 0.318. The molecule has 3 aromatic rings. The van der Waals surface area contributed by atoms with Gasteiger partial charge in [-0.05, 0) is 55.5 Å². The van der Waals surface area contributed by atoms with Crippen molar-refractivity contribution in [3.63, 3.8) is 0 Å². The van der Waals surface area contributed by atoms with Crippen LogP contribution in [0.2, 0.25) is 0 Å². The van der Waals surface area contributed by atoms with Gasteiger partial charge in [-0.15, -0.1) is 0 Å². The molecule has 7 nitrogen and oxygen atoms in total. The summed E-state index contributed by atoms with van der Waals surface area (Å²) in [5, 5.41) is 3.07. The molecule has 150 valence electrons. The summed E-state index contributed by atoms with van der Waals surface area (Å²) in [4.78, 5) is 32.5. The summed E-state index contributed by atoms with van der Waals surface area (Å²) in [6.45, 7) is 4.96. The molecule has 1 aliphatic heterocycles. The number of hydrogen-bond acceptors (Lipinski definition) is 6. The molecule has 7 heteroatoms. The SMILES string of the molecule is Cc1ccc(NC(=O)[C@H]2CCC(C)CN2c2ncccn2)cc1-c1ncccn1.[HH]. The molecular weight excluding hydrogens is 364 g/mol. The molecule has 1 aliphatic rings. The Bertz CT molecular complexity index is 985. The van der Waals surface area contributed by atoms with Gasteiger partial charge in [0.15, 0.2) is 5.82 Å². The number of aryl methyl sites for hydroxylation is 1. The molecular formula is C22H26N6O. The fourth-order valence-electron chi connectivity index (χ4n) is 3.69. The Labute approximate surface area is 171 Å². The highest BCUT2D eigenvalue weighted by Crippen LogP contribution is 2.27. The Morgan fingerprint density at radius 2 is 1.76 bits per heavy atom. The smallest absolute Gasteiger partial charge is 0.247 e. The van der Waals surface area contributed by atoms with Gasteiger partial charge < -0.3 is 10.2 Å². The van der Waals surface area contributed by atoms with Gasteiger partial charge in [0.05, 0.1) is 0 Å². The number of hydrogen-bond donors (Lipinski definition) is 1. The van der Waals surface area contributed by atoms with Crippen molar-refractivity contribution in [2.24, 2.45) is 5.92 Å². The summed E-state index contributed by atoms with van der Waals surface area (Å²) < 4.78 is 0. The van der Waals surface area contributed by atoms with Crippen LogP contribution in [0.4, 0.5) is 11.6 Å². The minimum Gasteiger partial charge on any atom is -0.329 e. The van der Waals surface area contributed by atoms with Gasteiger partial charge in [-0.1, -0.05) is 13.0 Å². The summed E-state index contributed by atoms with van der Waals surface area (Å²) >= 11 is 0. The summed E-state index contributed by atoms with van der Waals surface area (Å²) in [5.41, 5.74) is 2.69. The second kappa shape index (κ2) is 8.34. The average molecular weight is 390 g/mol. The van der Waals surface area contributed by atoms with Crippen LogP contribution in [0.15, 0.2) is 55.1 Å². The van der Waals surface area contributed by atoms with E-state index < -0.39 is 0 Å². The van der Waals surface area contributed by atoms with Crippen LogP contribution in [0.25, 0.3) is 11.4 Å². The topological polar surface area (TPSA) is 83.9 Å². The van der Waals surface area contributed by atoms with Crippen LogP contribution >= 0.6 is 0 Å². The largest absolute Gasteiger partial charge is 0.329 e. The Hall–Kier alpha value is -3.35. The highest BCUT2D eigenvalue weighted by atomic mass is 16.2. The van der Waals surface area contributed by atoms with E-state index in [-0.39, 0.29) is 13.4 Å². The number of aromatic nitrogens is 4. The molecule has 1 amide bonds. The average Bonchev–Trinajstić information content (AvgIpc) is 2.76. The van der Waals surface area contributed by atoms with E-state index in [4.69, 9.17) is 0 Å². The second-order valence-corrected chi connectivity index (χ2v) is 7.49. The molecule has 3 heterocycles. The van der Waals surface area contributed by atoms with E-state index in [0.717, 1.165) is 36.2 Å². The Morgan fingerprint density at radius 3 is 2.48 bits per heavy atom. The van der Waals surface area contributed by atoms with Gasteiger partial charge in [0.25, 0.3) is 0 Å². The molecule has 1 N–H and O–H groups in total. The molecule has 0 saturated carbocycles. The summed E-state index contributed by atoms with van der Waals surface area (Å²) in [6.07, 6.45) is 8.62. The van der Waals surface area contributed by atoms with E-state index in [0.29, 0.717) is 17.7 Å². The number of benzene rings is 1. The van der Waals surface area contributed by atoms with Gasteiger partial charge in [-0.2, -0.15) is 0 Å². The van der Waals surface area contributed by atoms with Gasteiger partial charge >= 0.3 is 0 Å². The highest BCUT2D eigenvalue weighted by molar-refractivity contribution is 5.97. The predicted molar refractivity (Wildman–Crippen MR) is 115 cm³/mol. The van der Waals surface area contributed by atoms with Crippen molar-refractivity contribution in [1.29, 1.82) is 0 Å². The lowest BCUT2D eigenvalue weighted by Crippen LogP contribution is -2.50. The first kappa shape index (κ1) is 19.0. The zero-order chi connectivity index (χ0) is 20.2. The molecule has 4 rings (SSSR count). The van der Waals surface area contributed by atoms with Crippen LogP contribution in [0.1, 0.15) is 26.8 Å². The van der Waals surface area contributed by atoms with Gasteiger partial charge in [-0.3, -0.25) is 4.79 Å². The van der Waals surface area contributed by atoms with Crippen LogP contribution in [-0.2, 0) is 4.79 Å². The zero-order valence-corrected chi connectivity index (χ0v) is 16.6. The van der Waals surface area contributed by atoms with Gasteiger partial charge in [0, 0.05) is 44.0 Å². The van der Waals surface area contributed by atoms with Crippen LogP contribution in [-0.4, -0.2) is 38.4 Å². The Kier molecular flexibility index (Phi) is 5.46. The van der Waals surface area contributed by atoms with E-state index in [1.54, 1.807) is 36.9 Å². The molecule has 1 unspecified atom stereocenters. The molecule has 0 aliphatic carbocycles. The molecule has 1 fully saturated rings. The van der Waals surface area contributed by atoms with Crippen molar-refractivity contribution < 1.29 is 6.22 Å². The number of nitrogens with one attached hydrogen (secondary N) is 1. The molecule has 29 heavy (non-hydrogen) atoms. The molecule has 1 saturated heterocycles. The number of carbonyl (C=O) groups excluding carboxylic acids is 1. The van der Waals surface area contributed by atoms with E-state index in [2.05, 4.69) is 32.2 Å². The summed E-state index contributed by atoms with van der Waals surface area (Å²) in [5.74, 6) is 1.69. The van der Waals surface area contributed by atoms with E-state index >= 15 is 0 Å². The number of rotatable bonds is 4. The Balaban J connectivity index is 0.00000256. The van der Waals surface area contributed by atoms with Gasteiger partial charge in [0.2, 0.25) is 11.9 Å². The number of nitrogens with zero attached hydrogens (tertiary/aromatic N) is 5. The third-order valence-corrected chi connectivity index (χ3v) is 5.24. The predicted octanol–water partition coefficient (Wildman–Crippen LogP) is 3.73. The van der Waals surface area contributed by atoms with Gasteiger partial charge in [0.1, 0.15) is 6.04 Å². The molecule has 0 radical (unpaired) electrons. The quantitative estimate of drug-likeness (QED) is 0.731. The standard InChI is InChI=1S/C22H24N6O.H2/c1-15-5-8-19(28(14-15)22-25-11-4-12-26-22)21(29)27-17-7-6-16(2)18(13-17)20-23-9-3-10-24-20;/h3-4,6-7,9-13,15,19H,5,8,14H2,1-2H3,(H,27,29);1H/t15?,19-;/m1./s1. The van der Waals surface area contributed by atoms with E-state index in [9.17, 15) is 4.79 Å². The maximum atomic E-state index is 13.2. The second-order valence-electron chi connectivity index (χ2n) is 7.49. The first-order valence-electron chi connectivity index (χ1n) is 9.84. The van der Waals surface area contributed by atoms with Crippen LogP contribution in [0, 0.1) is 12.8 Å². The molecule has 0 spiro atoms. The molecule has 2 aromatic heterocycles. The normalized spacial score (nSPS) is 19.0. The van der Waals surface area contributed by atoms with Crippen LogP contribution < -0.4 is 10.2 Å². The van der Waals surface area contributed by atoms with E-state index in [1.165, 1.54) is 0 Å². The number of piperidine rings is 1. The lowest BCUT2D eigenvalue weighted by Gasteiger charge is -2.37. The number of anilines is 2. The van der Waals surface area contributed by atoms with Crippen molar-refractivity contribution in [3.8, 4) is 11.4 Å². The summed E-state index contributed by atoms with van der Waals surface area (Å²) in [6, 6.07) is 9.08. The van der Waals surface area contributed by atoms with Crippen LogP contribution in [0.3, 0.4) is 0 Å². The molecule has 1 aromatic carbocycles. The minimum atomic E-state index is -0.300. The lowest BCUT2D eigenvalue weighted by atomic mass is 9.94. The molecule has 2 atom stereocenters. The first-order chi connectivity index (χ1) is 14.1. The van der Waals surface area contributed by atoms with Crippen molar-refractivity contribution in [2.75, 3.05) is 16.8 Å². The number of amides is 1. The minimum absolute atomic E-state index is 0. The lowest BCUT2D eigenvalue weighted by molar-refractivity contribution is -0.118. The van der Waals surface area contributed by atoms with Gasteiger partial charge in [-0.25, -0.2) is 19.9 Å². The van der Waals surface area contributed by atoms with Crippen LogP contribution in [0.5, 0.6) is 0 Å². The van der Waals surface area contributed by atoms with Crippen molar-refractivity contribution in [2.45, 2.75) is 32.7 Å². The fourth-order valence-corrected chi connectivity index (χ4v) is 3.69. The third kappa shape index (κ3) is 4.23.